The van der Waals surface area contributed by atoms with Gasteiger partial charge in [0.2, 0.25) is 0 Å². The first-order chi connectivity index (χ1) is 8.29. The van der Waals surface area contributed by atoms with E-state index in [1.165, 1.54) is 0 Å². The third-order valence-electron chi connectivity index (χ3n) is 2.08. The summed E-state index contributed by atoms with van der Waals surface area (Å²) in [5.41, 5.74) is 0. The van der Waals surface area contributed by atoms with Crippen molar-refractivity contribution in [3.8, 4) is 17.2 Å². The van der Waals surface area contributed by atoms with Crippen molar-refractivity contribution in [1.29, 1.82) is 0 Å². The second-order valence-electron chi connectivity index (χ2n) is 3.30. The Balaban J connectivity index is 2.20. The molecule has 1 aromatic carbocycles. The van der Waals surface area contributed by atoms with Crippen molar-refractivity contribution in [2.24, 2.45) is 0 Å². The Bertz CT molecular complexity index is 485. The smallest absolute Gasteiger partial charge is 0.169 e. The molecule has 0 radical (unpaired) electrons. The largest absolute Gasteiger partial charge is 0.490 e. The minimum atomic E-state index is 0.440. The molecule has 2 rings (SSSR count). The van der Waals surface area contributed by atoms with Gasteiger partial charge in [-0.15, -0.1) is 0 Å². The summed E-state index contributed by atoms with van der Waals surface area (Å²) in [6, 6.07) is 10.9. The number of rotatable bonds is 4. The molecule has 0 amide bonds. The molecule has 2 aromatic rings. The molecule has 0 aliphatic rings. The molecule has 0 aliphatic heterocycles. The zero-order valence-corrected chi connectivity index (χ0v) is 10.1. The lowest BCUT2D eigenvalue weighted by atomic mass is 10.3. The molecule has 0 saturated heterocycles. The van der Waals surface area contributed by atoms with Crippen LogP contribution < -0.4 is 9.47 Å². The molecule has 1 aromatic heterocycles. The van der Waals surface area contributed by atoms with Crippen LogP contribution in [0.3, 0.4) is 0 Å². The molecule has 0 fully saturated rings. The van der Waals surface area contributed by atoms with E-state index in [0.717, 1.165) is 0 Å². The lowest BCUT2D eigenvalue weighted by Crippen LogP contribution is -1.94. The summed E-state index contributed by atoms with van der Waals surface area (Å²) in [6.45, 7) is 2.53. The SMILES string of the molecule is CCOc1ccccc1Oc1ccc(Cl)nc1. The van der Waals surface area contributed by atoms with E-state index in [2.05, 4.69) is 4.98 Å². The Labute approximate surface area is 105 Å². The summed E-state index contributed by atoms with van der Waals surface area (Å²) in [5, 5.41) is 0.440. The summed E-state index contributed by atoms with van der Waals surface area (Å²) >= 11 is 5.70. The lowest BCUT2D eigenvalue weighted by Gasteiger charge is -2.10. The predicted molar refractivity (Wildman–Crippen MR) is 66.9 cm³/mol. The van der Waals surface area contributed by atoms with Crippen molar-refractivity contribution in [2.75, 3.05) is 6.61 Å². The average molecular weight is 250 g/mol. The average Bonchev–Trinajstić information content (AvgIpc) is 2.35. The van der Waals surface area contributed by atoms with Gasteiger partial charge in [-0.1, -0.05) is 23.7 Å². The van der Waals surface area contributed by atoms with Crippen LogP contribution in [-0.2, 0) is 0 Å². The van der Waals surface area contributed by atoms with E-state index in [1.807, 2.05) is 31.2 Å². The quantitative estimate of drug-likeness (QED) is 0.770. The van der Waals surface area contributed by atoms with Gasteiger partial charge in [-0.2, -0.15) is 0 Å². The molecule has 0 atom stereocenters. The zero-order valence-electron chi connectivity index (χ0n) is 9.39. The molecule has 0 N–H and O–H groups in total. The highest BCUT2D eigenvalue weighted by Gasteiger charge is 2.04. The normalized spacial score (nSPS) is 10.0. The van der Waals surface area contributed by atoms with Crippen LogP contribution in [0.4, 0.5) is 0 Å². The molecule has 17 heavy (non-hydrogen) atoms. The molecule has 1 heterocycles. The second-order valence-corrected chi connectivity index (χ2v) is 3.69. The minimum absolute atomic E-state index is 0.440. The molecule has 0 spiro atoms. The van der Waals surface area contributed by atoms with E-state index in [0.29, 0.717) is 29.0 Å². The van der Waals surface area contributed by atoms with E-state index < -0.39 is 0 Å². The van der Waals surface area contributed by atoms with E-state index in [4.69, 9.17) is 21.1 Å². The third kappa shape index (κ3) is 3.11. The number of hydrogen-bond donors (Lipinski definition) is 0. The van der Waals surface area contributed by atoms with Crippen LogP contribution in [0.5, 0.6) is 17.2 Å². The van der Waals surface area contributed by atoms with Gasteiger partial charge in [-0.05, 0) is 31.2 Å². The number of para-hydroxylation sites is 2. The summed E-state index contributed by atoms with van der Waals surface area (Å²) in [6.07, 6.45) is 1.57. The summed E-state index contributed by atoms with van der Waals surface area (Å²) in [7, 11) is 0. The number of pyridine rings is 1. The zero-order chi connectivity index (χ0) is 12.1. The van der Waals surface area contributed by atoms with E-state index in [9.17, 15) is 0 Å². The molecule has 0 aliphatic carbocycles. The van der Waals surface area contributed by atoms with Crippen LogP contribution in [0.15, 0.2) is 42.6 Å². The number of halogens is 1. The Morgan fingerprint density at radius 1 is 1.12 bits per heavy atom. The Hall–Kier alpha value is -1.74. The van der Waals surface area contributed by atoms with Gasteiger partial charge in [0.15, 0.2) is 11.5 Å². The lowest BCUT2D eigenvalue weighted by molar-refractivity contribution is 0.321. The maximum Gasteiger partial charge on any atom is 0.169 e. The minimum Gasteiger partial charge on any atom is -0.490 e. The number of ether oxygens (including phenoxy) is 2. The summed E-state index contributed by atoms with van der Waals surface area (Å²) < 4.78 is 11.1. The maximum absolute atomic E-state index is 5.70. The summed E-state index contributed by atoms with van der Waals surface area (Å²) in [5.74, 6) is 2.00. The van der Waals surface area contributed by atoms with Crippen molar-refractivity contribution in [3.05, 3.63) is 47.7 Å². The van der Waals surface area contributed by atoms with Crippen molar-refractivity contribution >= 4 is 11.6 Å². The fourth-order valence-corrected chi connectivity index (χ4v) is 1.47. The van der Waals surface area contributed by atoms with Gasteiger partial charge in [-0.25, -0.2) is 4.98 Å². The van der Waals surface area contributed by atoms with Gasteiger partial charge in [-0.3, -0.25) is 0 Å². The van der Waals surface area contributed by atoms with Crippen LogP contribution in [0, 0.1) is 0 Å². The highest BCUT2D eigenvalue weighted by molar-refractivity contribution is 6.29. The van der Waals surface area contributed by atoms with Gasteiger partial charge < -0.3 is 9.47 Å². The van der Waals surface area contributed by atoms with Crippen LogP contribution in [0.2, 0.25) is 5.15 Å². The highest BCUT2D eigenvalue weighted by Crippen LogP contribution is 2.31. The van der Waals surface area contributed by atoms with E-state index in [1.54, 1.807) is 18.3 Å². The molecule has 0 bridgehead atoms. The first-order valence-electron chi connectivity index (χ1n) is 5.31. The van der Waals surface area contributed by atoms with Gasteiger partial charge in [0.25, 0.3) is 0 Å². The first kappa shape index (κ1) is 11.7. The van der Waals surface area contributed by atoms with E-state index >= 15 is 0 Å². The Kier molecular flexibility index (Phi) is 3.83. The van der Waals surface area contributed by atoms with Crippen molar-refractivity contribution in [2.45, 2.75) is 6.92 Å². The molecular weight excluding hydrogens is 238 g/mol. The van der Waals surface area contributed by atoms with Crippen molar-refractivity contribution < 1.29 is 9.47 Å². The van der Waals surface area contributed by atoms with Crippen molar-refractivity contribution in [3.63, 3.8) is 0 Å². The van der Waals surface area contributed by atoms with Crippen LogP contribution >= 0.6 is 11.6 Å². The number of nitrogens with zero attached hydrogens (tertiary/aromatic N) is 1. The first-order valence-corrected chi connectivity index (χ1v) is 5.68. The second kappa shape index (κ2) is 5.55. The monoisotopic (exact) mass is 249 g/mol. The van der Waals surface area contributed by atoms with Gasteiger partial charge in [0, 0.05) is 0 Å². The molecule has 88 valence electrons. The standard InChI is InChI=1S/C13H12ClNO2/c1-2-16-11-5-3-4-6-12(11)17-10-7-8-13(14)15-9-10/h3-9H,2H2,1H3. The molecule has 0 saturated carbocycles. The molecule has 0 unspecified atom stereocenters. The van der Waals surface area contributed by atoms with Crippen LogP contribution in [-0.4, -0.2) is 11.6 Å². The molecule has 3 nitrogen and oxygen atoms in total. The predicted octanol–water partition coefficient (Wildman–Crippen LogP) is 3.93. The summed E-state index contributed by atoms with van der Waals surface area (Å²) in [4.78, 5) is 3.95. The molecular formula is C13H12ClNO2. The van der Waals surface area contributed by atoms with Crippen LogP contribution in [0.25, 0.3) is 0 Å². The third-order valence-corrected chi connectivity index (χ3v) is 2.30. The Morgan fingerprint density at radius 2 is 1.88 bits per heavy atom. The van der Waals surface area contributed by atoms with E-state index in [-0.39, 0.29) is 0 Å². The number of benzene rings is 1. The molecule has 4 heteroatoms. The number of aromatic nitrogens is 1. The van der Waals surface area contributed by atoms with Crippen molar-refractivity contribution in [1.82, 2.24) is 4.98 Å². The van der Waals surface area contributed by atoms with Gasteiger partial charge in [0.05, 0.1) is 12.8 Å². The van der Waals surface area contributed by atoms with Gasteiger partial charge in [0.1, 0.15) is 10.9 Å². The van der Waals surface area contributed by atoms with Crippen LogP contribution in [0.1, 0.15) is 6.92 Å². The fraction of sp³-hybridized carbons (Fsp3) is 0.154. The highest BCUT2D eigenvalue weighted by atomic mass is 35.5. The fourth-order valence-electron chi connectivity index (χ4n) is 1.36. The maximum atomic E-state index is 5.70. The topological polar surface area (TPSA) is 31.4 Å². The Morgan fingerprint density at radius 3 is 2.53 bits per heavy atom. The van der Waals surface area contributed by atoms with Gasteiger partial charge >= 0.3 is 0 Å². The number of hydrogen-bond acceptors (Lipinski definition) is 3.